The summed E-state index contributed by atoms with van der Waals surface area (Å²) in [6, 6.07) is 0. The van der Waals surface area contributed by atoms with Crippen molar-refractivity contribution in [1.29, 1.82) is 0 Å². The molecule has 0 unspecified atom stereocenters. The molecule has 7 atom stereocenters. The Morgan fingerprint density at radius 1 is 1.08 bits per heavy atom. The first-order valence-corrected chi connectivity index (χ1v) is 5.18. The van der Waals surface area contributed by atoms with E-state index in [4.69, 9.17) is 4.74 Å². The Kier molecular flexibility index (Phi) is 0.921. The van der Waals surface area contributed by atoms with Crippen LogP contribution in [0.3, 0.4) is 0 Å². The predicted octanol–water partition coefficient (Wildman–Crippen LogP) is 0.791. The highest BCUT2D eigenvalue weighted by Gasteiger charge is 2.66. The summed E-state index contributed by atoms with van der Waals surface area (Å²) in [5.74, 6) is 3.15. The minimum atomic E-state index is 0.0131. The third kappa shape index (κ3) is 0.549. The van der Waals surface area contributed by atoms with Gasteiger partial charge in [0.1, 0.15) is 0 Å². The minimum Gasteiger partial charge on any atom is -0.393 e. The van der Waals surface area contributed by atoms with E-state index in [1.165, 1.54) is 12.8 Å². The number of fused-ring (bicyclic) bond motifs is 7. The van der Waals surface area contributed by atoms with E-state index < -0.39 is 0 Å². The molecule has 4 fully saturated rings. The molecule has 0 amide bonds. The van der Waals surface area contributed by atoms with Crippen molar-refractivity contribution in [2.24, 2.45) is 23.7 Å². The molecule has 3 saturated carbocycles. The molecule has 0 aromatic carbocycles. The van der Waals surface area contributed by atoms with E-state index in [9.17, 15) is 5.11 Å². The lowest BCUT2D eigenvalue weighted by atomic mass is 9.79. The van der Waals surface area contributed by atoms with Gasteiger partial charge in [0.25, 0.3) is 0 Å². The number of hydrogen-bond acceptors (Lipinski definition) is 2. The van der Waals surface area contributed by atoms with E-state index in [1.807, 2.05) is 0 Å². The first-order chi connectivity index (χ1) is 5.84. The van der Waals surface area contributed by atoms with Crippen LogP contribution in [-0.4, -0.2) is 23.4 Å². The van der Waals surface area contributed by atoms with Crippen LogP contribution in [0, 0.1) is 23.7 Å². The average Bonchev–Trinajstić information content (AvgIpc) is 2.42. The maximum Gasteiger partial charge on any atom is 0.0876 e. The Morgan fingerprint density at radius 2 is 2.00 bits per heavy atom. The molecule has 12 heavy (non-hydrogen) atoms. The van der Waals surface area contributed by atoms with Gasteiger partial charge < -0.3 is 9.84 Å². The van der Waals surface area contributed by atoms with Crippen LogP contribution in [0.15, 0.2) is 0 Å². The molecular formula is C10H14O2. The van der Waals surface area contributed by atoms with Crippen molar-refractivity contribution in [3.05, 3.63) is 0 Å². The first-order valence-electron chi connectivity index (χ1n) is 5.18. The van der Waals surface area contributed by atoms with Gasteiger partial charge in [0.2, 0.25) is 0 Å². The minimum absolute atomic E-state index is 0.0131. The van der Waals surface area contributed by atoms with Gasteiger partial charge in [0.15, 0.2) is 0 Å². The van der Waals surface area contributed by atoms with E-state index in [1.54, 1.807) is 0 Å². The number of epoxide rings is 1. The Morgan fingerprint density at radius 3 is 2.92 bits per heavy atom. The van der Waals surface area contributed by atoms with E-state index in [0.29, 0.717) is 18.1 Å². The number of ether oxygens (including phenoxy) is 1. The fraction of sp³-hybridized carbons (Fsp3) is 1.00. The molecule has 0 aromatic heterocycles. The molecule has 4 rings (SSSR count). The molecule has 0 aromatic rings. The second kappa shape index (κ2) is 1.73. The van der Waals surface area contributed by atoms with Gasteiger partial charge in [0.05, 0.1) is 18.3 Å². The third-order valence-electron chi connectivity index (χ3n) is 4.71. The van der Waals surface area contributed by atoms with Gasteiger partial charge in [-0.1, -0.05) is 0 Å². The van der Waals surface area contributed by atoms with Crippen LogP contribution in [0.1, 0.15) is 19.3 Å². The van der Waals surface area contributed by atoms with Crippen molar-refractivity contribution in [3.8, 4) is 0 Å². The lowest BCUT2D eigenvalue weighted by Crippen LogP contribution is -2.31. The molecular weight excluding hydrogens is 152 g/mol. The maximum absolute atomic E-state index is 9.75. The van der Waals surface area contributed by atoms with Crippen molar-refractivity contribution >= 4 is 0 Å². The molecule has 1 heterocycles. The van der Waals surface area contributed by atoms with Gasteiger partial charge in [-0.25, -0.2) is 0 Å². The number of hydrogen-bond donors (Lipinski definition) is 1. The maximum atomic E-state index is 9.75. The largest absolute Gasteiger partial charge is 0.393 e. The molecule has 0 radical (unpaired) electrons. The molecule has 0 spiro atoms. The van der Waals surface area contributed by atoms with Gasteiger partial charge >= 0.3 is 0 Å². The fourth-order valence-corrected chi connectivity index (χ4v) is 4.27. The van der Waals surface area contributed by atoms with Gasteiger partial charge in [-0.3, -0.25) is 0 Å². The van der Waals surface area contributed by atoms with Crippen molar-refractivity contribution in [2.75, 3.05) is 0 Å². The standard InChI is InChI=1S/C10H14O2/c11-7-2-4-1-6(7)9-5(4)3-8-10(9)12-8/h4-11H,1-3H2/t4-,5-,6-,7-,8+,9+,10-/m1/s1. The first kappa shape index (κ1) is 6.39. The molecule has 1 N–H and O–H groups in total. The normalized spacial score (nSPS) is 71.2. The Balaban J connectivity index is 1.74. The van der Waals surface area contributed by atoms with Gasteiger partial charge in [-0.2, -0.15) is 0 Å². The van der Waals surface area contributed by atoms with Crippen molar-refractivity contribution in [2.45, 2.75) is 37.6 Å². The molecule has 2 heteroatoms. The summed E-state index contributed by atoms with van der Waals surface area (Å²) < 4.78 is 5.56. The number of rotatable bonds is 0. The lowest BCUT2D eigenvalue weighted by molar-refractivity contribution is 0.0370. The number of aliphatic hydroxyl groups is 1. The lowest BCUT2D eigenvalue weighted by Gasteiger charge is -2.29. The zero-order valence-corrected chi connectivity index (χ0v) is 7.02. The van der Waals surface area contributed by atoms with Crippen LogP contribution >= 0.6 is 0 Å². The quantitative estimate of drug-likeness (QED) is 0.540. The Bertz CT molecular complexity index is 240. The summed E-state index contributed by atoms with van der Waals surface area (Å²) in [6.07, 6.45) is 4.88. The van der Waals surface area contributed by atoms with Crippen LogP contribution in [0.4, 0.5) is 0 Å². The van der Waals surface area contributed by atoms with E-state index in [0.717, 1.165) is 24.2 Å². The highest BCUT2D eigenvalue weighted by atomic mass is 16.6. The summed E-state index contributed by atoms with van der Waals surface area (Å²) in [5.41, 5.74) is 0. The van der Waals surface area contributed by atoms with Crippen molar-refractivity contribution in [1.82, 2.24) is 0 Å². The summed E-state index contributed by atoms with van der Waals surface area (Å²) >= 11 is 0. The zero-order chi connectivity index (χ0) is 7.87. The zero-order valence-electron chi connectivity index (χ0n) is 7.02. The third-order valence-corrected chi connectivity index (χ3v) is 4.71. The summed E-state index contributed by atoms with van der Waals surface area (Å²) in [5, 5.41) is 9.75. The molecule has 1 aliphatic heterocycles. The van der Waals surface area contributed by atoms with Crippen LogP contribution in [0.25, 0.3) is 0 Å². The van der Waals surface area contributed by atoms with Crippen molar-refractivity contribution < 1.29 is 9.84 Å². The molecule has 1 saturated heterocycles. The summed E-state index contributed by atoms with van der Waals surface area (Å²) in [4.78, 5) is 0. The highest BCUT2D eigenvalue weighted by Crippen LogP contribution is 2.64. The Hall–Kier alpha value is -0.0800. The molecule has 66 valence electrons. The molecule has 4 aliphatic rings. The second-order valence-electron chi connectivity index (χ2n) is 5.08. The summed E-state index contributed by atoms with van der Waals surface area (Å²) in [6.45, 7) is 0. The number of aliphatic hydroxyl groups excluding tert-OH is 1. The van der Waals surface area contributed by atoms with Crippen LogP contribution < -0.4 is 0 Å². The molecule has 3 aliphatic carbocycles. The van der Waals surface area contributed by atoms with Crippen LogP contribution in [-0.2, 0) is 4.74 Å². The molecule has 2 bridgehead atoms. The second-order valence-corrected chi connectivity index (χ2v) is 5.08. The monoisotopic (exact) mass is 166 g/mol. The van der Waals surface area contributed by atoms with Gasteiger partial charge in [0, 0.05) is 0 Å². The van der Waals surface area contributed by atoms with E-state index in [2.05, 4.69) is 0 Å². The predicted molar refractivity (Wildman–Crippen MR) is 42.5 cm³/mol. The van der Waals surface area contributed by atoms with Crippen LogP contribution in [0.2, 0.25) is 0 Å². The Labute approximate surface area is 71.9 Å². The van der Waals surface area contributed by atoms with Gasteiger partial charge in [-0.05, 0) is 42.9 Å². The van der Waals surface area contributed by atoms with Crippen molar-refractivity contribution in [3.63, 3.8) is 0 Å². The SMILES string of the molecule is O[C@@H]1C[C@H]2C[C@H]1[C@@H]1[C@@H]2C[C@@H]2O[C@@H]12. The van der Waals surface area contributed by atoms with Gasteiger partial charge in [-0.15, -0.1) is 0 Å². The average molecular weight is 166 g/mol. The fourth-order valence-electron chi connectivity index (χ4n) is 4.27. The smallest absolute Gasteiger partial charge is 0.0876 e. The van der Waals surface area contributed by atoms with E-state index in [-0.39, 0.29) is 6.10 Å². The van der Waals surface area contributed by atoms with Crippen LogP contribution in [0.5, 0.6) is 0 Å². The van der Waals surface area contributed by atoms with E-state index >= 15 is 0 Å². The molecule has 2 nitrogen and oxygen atoms in total. The summed E-state index contributed by atoms with van der Waals surface area (Å²) in [7, 11) is 0. The highest BCUT2D eigenvalue weighted by molar-refractivity contribution is 5.14. The topological polar surface area (TPSA) is 32.8 Å².